The first-order valence-corrected chi connectivity index (χ1v) is 7.29. The van der Waals surface area contributed by atoms with E-state index in [1.54, 1.807) is 6.07 Å². The van der Waals surface area contributed by atoms with Gasteiger partial charge < -0.3 is 10.5 Å². The van der Waals surface area contributed by atoms with Crippen molar-refractivity contribution in [3.05, 3.63) is 63.6 Å². The maximum absolute atomic E-state index is 6.15. The van der Waals surface area contributed by atoms with Crippen molar-refractivity contribution in [2.45, 2.75) is 26.0 Å². The van der Waals surface area contributed by atoms with Gasteiger partial charge in [-0.15, -0.1) is 0 Å². The molecule has 0 fully saturated rings. The summed E-state index contributed by atoms with van der Waals surface area (Å²) in [6.45, 7) is 2.42. The Bertz CT molecular complexity index is 586. The van der Waals surface area contributed by atoms with Gasteiger partial charge in [0.05, 0.1) is 10.0 Å². The summed E-state index contributed by atoms with van der Waals surface area (Å²) in [5.41, 5.74) is 7.96. The van der Waals surface area contributed by atoms with Crippen LogP contribution in [0.5, 0.6) is 5.75 Å². The second kappa shape index (κ2) is 6.98. The van der Waals surface area contributed by atoms with E-state index in [4.69, 9.17) is 33.7 Å². The molecule has 0 unspecified atom stereocenters. The molecule has 20 heavy (non-hydrogen) atoms. The van der Waals surface area contributed by atoms with Crippen LogP contribution in [-0.4, -0.2) is 0 Å². The minimum absolute atomic E-state index is 0.0268. The molecule has 0 aliphatic carbocycles. The van der Waals surface area contributed by atoms with Gasteiger partial charge in [0.15, 0.2) is 0 Å². The second-order valence-electron chi connectivity index (χ2n) is 4.55. The summed E-state index contributed by atoms with van der Waals surface area (Å²) in [6, 6.07) is 13.3. The lowest BCUT2D eigenvalue weighted by atomic mass is 10.0. The Morgan fingerprint density at radius 2 is 1.85 bits per heavy atom. The fourth-order valence-corrected chi connectivity index (χ4v) is 2.33. The van der Waals surface area contributed by atoms with Gasteiger partial charge in [-0.05, 0) is 18.6 Å². The summed E-state index contributed by atoms with van der Waals surface area (Å²) in [6.07, 6.45) is 0.859. The molecule has 2 nitrogen and oxygen atoms in total. The van der Waals surface area contributed by atoms with Crippen LogP contribution in [0.3, 0.4) is 0 Å². The lowest BCUT2D eigenvalue weighted by molar-refractivity contribution is 0.301. The predicted molar refractivity (Wildman–Crippen MR) is 84.5 cm³/mol. The molecule has 106 valence electrons. The third-order valence-electron chi connectivity index (χ3n) is 3.17. The quantitative estimate of drug-likeness (QED) is 0.845. The van der Waals surface area contributed by atoms with E-state index in [1.807, 2.05) is 36.4 Å². The van der Waals surface area contributed by atoms with Crippen molar-refractivity contribution in [1.82, 2.24) is 0 Å². The van der Waals surface area contributed by atoms with E-state index in [-0.39, 0.29) is 6.04 Å². The Balaban J connectivity index is 2.17. The van der Waals surface area contributed by atoms with E-state index in [9.17, 15) is 0 Å². The largest absolute Gasteiger partial charge is 0.489 e. The average Bonchev–Trinajstić information content (AvgIpc) is 2.48. The van der Waals surface area contributed by atoms with Crippen LogP contribution in [0.4, 0.5) is 0 Å². The molecular weight excluding hydrogens is 293 g/mol. The van der Waals surface area contributed by atoms with Gasteiger partial charge in [0, 0.05) is 17.2 Å². The summed E-state index contributed by atoms with van der Waals surface area (Å²) in [5.74, 6) is 0.790. The Morgan fingerprint density at radius 1 is 1.10 bits per heavy atom. The SMILES string of the molecule is CC[C@@H](N)c1ccccc1OCc1cccc(Cl)c1Cl. The fraction of sp³-hybridized carbons (Fsp3) is 0.250. The number of nitrogens with two attached hydrogens (primary N) is 1. The lowest BCUT2D eigenvalue weighted by Crippen LogP contribution is -2.10. The van der Waals surface area contributed by atoms with Crippen molar-refractivity contribution in [2.24, 2.45) is 5.73 Å². The highest BCUT2D eigenvalue weighted by Gasteiger charge is 2.11. The zero-order valence-electron chi connectivity index (χ0n) is 11.3. The van der Waals surface area contributed by atoms with Crippen molar-refractivity contribution in [2.75, 3.05) is 0 Å². The van der Waals surface area contributed by atoms with Gasteiger partial charge in [0.2, 0.25) is 0 Å². The fourth-order valence-electron chi connectivity index (χ4n) is 1.95. The monoisotopic (exact) mass is 309 g/mol. The van der Waals surface area contributed by atoms with Gasteiger partial charge in [0.25, 0.3) is 0 Å². The highest BCUT2D eigenvalue weighted by atomic mass is 35.5. The van der Waals surface area contributed by atoms with E-state index in [1.165, 1.54) is 0 Å². The standard InChI is InChI=1S/C16H17Cl2NO/c1-2-14(19)12-7-3-4-9-15(12)20-10-11-6-5-8-13(17)16(11)18/h3-9,14H,2,10,19H2,1H3/t14-/m1/s1. The van der Waals surface area contributed by atoms with Crippen LogP contribution < -0.4 is 10.5 Å². The Morgan fingerprint density at radius 3 is 2.60 bits per heavy atom. The molecule has 0 amide bonds. The highest BCUT2D eigenvalue weighted by molar-refractivity contribution is 6.42. The van der Waals surface area contributed by atoms with Gasteiger partial charge in [-0.2, -0.15) is 0 Å². The third-order valence-corrected chi connectivity index (χ3v) is 4.03. The maximum atomic E-state index is 6.15. The number of rotatable bonds is 5. The molecule has 0 aliphatic heterocycles. The van der Waals surface area contributed by atoms with Crippen molar-refractivity contribution < 1.29 is 4.74 Å². The van der Waals surface area contributed by atoms with Crippen LogP contribution >= 0.6 is 23.2 Å². The molecule has 0 aromatic heterocycles. The Kier molecular flexibility index (Phi) is 5.30. The molecule has 0 bridgehead atoms. The minimum atomic E-state index is -0.0268. The molecule has 2 aromatic carbocycles. The molecule has 4 heteroatoms. The summed E-state index contributed by atoms with van der Waals surface area (Å²) in [7, 11) is 0. The van der Waals surface area contributed by atoms with Gasteiger partial charge >= 0.3 is 0 Å². The molecule has 0 spiro atoms. The van der Waals surface area contributed by atoms with E-state index in [0.717, 1.165) is 23.3 Å². The van der Waals surface area contributed by atoms with Gasteiger partial charge in [-0.25, -0.2) is 0 Å². The number of para-hydroxylation sites is 1. The number of hydrogen-bond acceptors (Lipinski definition) is 2. The van der Waals surface area contributed by atoms with Crippen LogP contribution in [-0.2, 0) is 6.61 Å². The van der Waals surface area contributed by atoms with Crippen LogP contribution in [0.25, 0.3) is 0 Å². The average molecular weight is 310 g/mol. The van der Waals surface area contributed by atoms with Gasteiger partial charge in [-0.3, -0.25) is 0 Å². The zero-order chi connectivity index (χ0) is 14.5. The van der Waals surface area contributed by atoms with E-state index in [0.29, 0.717) is 16.7 Å². The highest BCUT2D eigenvalue weighted by Crippen LogP contribution is 2.29. The molecule has 0 radical (unpaired) electrons. The Labute approximate surface area is 129 Å². The Hall–Kier alpha value is -1.22. The number of benzene rings is 2. The molecule has 2 rings (SSSR count). The van der Waals surface area contributed by atoms with Crippen LogP contribution in [0.1, 0.15) is 30.5 Å². The first kappa shape index (κ1) is 15.2. The van der Waals surface area contributed by atoms with E-state index in [2.05, 4.69) is 6.92 Å². The van der Waals surface area contributed by atoms with Crippen molar-refractivity contribution in [3.8, 4) is 5.75 Å². The molecule has 2 N–H and O–H groups in total. The predicted octanol–water partition coefficient (Wildman–Crippen LogP) is 4.98. The summed E-state index contributed by atoms with van der Waals surface area (Å²) in [4.78, 5) is 0. The molecule has 0 aliphatic rings. The summed E-state index contributed by atoms with van der Waals surface area (Å²) >= 11 is 12.1. The van der Waals surface area contributed by atoms with Crippen molar-refractivity contribution in [1.29, 1.82) is 0 Å². The van der Waals surface area contributed by atoms with Crippen LogP contribution in [0, 0.1) is 0 Å². The van der Waals surface area contributed by atoms with Gasteiger partial charge in [-0.1, -0.05) is 60.5 Å². The lowest BCUT2D eigenvalue weighted by Gasteiger charge is -2.16. The maximum Gasteiger partial charge on any atom is 0.124 e. The summed E-state index contributed by atoms with van der Waals surface area (Å²) in [5, 5.41) is 1.07. The zero-order valence-corrected chi connectivity index (χ0v) is 12.8. The number of halogens is 2. The molecule has 1 atom stereocenters. The van der Waals surface area contributed by atoms with Crippen molar-refractivity contribution >= 4 is 23.2 Å². The second-order valence-corrected chi connectivity index (χ2v) is 5.34. The third kappa shape index (κ3) is 3.45. The number of ether oxygens (including phenoxy) is 1. The molecule has 0 saturated heterocycles. The van der Waals surface area contributed by atoms with Crippen LogP contribution in [0.15, 0.2) is 42.5 Å². The number of hydrogen-bond donors (Lipinski definition) is 1. The van der Waals surface area contributed by atoms with E-state index < -0.39 is 0 Å². The van der Waals surface area contributed by atoms with Crippen molar-refractivity contribution in [3.63, 3.8) is 0 Å². The molecule has 2 aromatic rings. The minimum Gasteiger partial charge on any atom is -0.489 e. The smallest absolute Gasteiger partial charge is 0.124 e. The first-order valence-electron chi connectivity index (χ1n) is 6.53. The molecule has 0 saturated carbocycles. The van der Waals surface area contributed by atoms with E-state index >= 15 is 0 Å². The molecular formula is C16H17Cl2NO. The van der Waals surface area contributed by atoms with Gasteiger partial charge in [0.1, 0.15) is 12.4 Å². The topological polar surface area (TPSA) is 35.2 Å². The normalized spacial score (nSPS) is 12.2. The molecule has 0 heterocycles. The first-order chi connectivity index (χ1) is 9.63. The summed E-state index contributed by atoms with van der Waals surface area (Å²) < 4.78 is 5.86. The van der Waals surface area contributed by atoms with Crippen LogP contribution in [0.2, 0.25) is 10.0 Å².